The topological polar surface area (TPSA) is 46.2 Å². The monoisotopic (exact) mass is 285 g/mol. The fraction of sp³-hybridized carbons (Fsp3) is 0.875. The highest BCUT2D eigenvalue weighted by molar-refractivity contribution is 5.94. The summed E-state index contributed by atoms with van der Waals surface area (Å²) in [5.41, 5.74) is -1.41. The van der Waals surface area contributed by atoms with E-state index in [1.165, 1.54) is 0 Å². The van der Waals surface area contributed by atoms with Gasteiger partial charge in [0.2, 0.25) is 5.91 Å². The molecule has 2 unspecified atom stereocenters. The number of Topliss-reactive ketones (excluding diaryl/α,β-unsaturated/α-hetero) is 1. The van der Waals surface area contributed by atoms with E-state index < -0.39 is 23.5 Å². The Morgan fingerprint density at radius 1 is 1.25 bits per heavy atom. The fourth-order valence-corrected chi connectivity index (χ4v) is 2.32. The lowest BCUT2D eigenvalue weighted by Gasteiger charge is -2.34. The van der Waals surface area contributed by atoms with Crippen LogP contribution in [0.2, 0.25) is 0 Å². The molecule has 116 valence electrons. The van der Waals surface area contributed by atoms with Crippen molar-refractivity contribution in [1.82, 2.24) is 5.32 Å². The van der Waals surface area contributed by atoms with Crippen molar-refractivity contribution in [3.05, 3.63) is 0 Å². The molecular weight excluding hydrogens is 257 g/mol. The summed E-state index contributed by atoms with van der Waals surface area (Å²) in [6, 6.07) is -0.542. The molecule has 1 aliphatic rings. The highest BCUT2D eigenvalue weighted by Gasteiger charge is 2.55. The first-order chi connectivity index (χ1) is 8.83. The summed E-state index contributed by atoms with van der Waals surface area (Å²) in [5.74, 6) is -0.478. The number of ketones is 1. The summed E-state index contributed by atoms with van der Waals surface area (Å²) in [7, 11) is 0. The van der Waals surface area contributed by atoms with Crippen LogP contribution in [0.3, 0.4) is 0 Å². The molecule has 1 N–H and O–H groups in total. The molecule has 1 fully saturated rings. The van der Waals surface area contributed by atoms with Crippen LogP contribution in [0.5, 0.6) is 0 Å². The number of carbonyl (C=O) groups excluding carboxylic acids is 2. The van der Waals surface area contributed by atoms with Crippen LogP contribution in [0.1, 0.15) is 54.9 Å². The standard InChI is InChI=1S/C16H28FNO2/c1-14(2,3)11(12(19)15(4,5)6)18-13(20)10-8-16(10,7)9-17/h10-11H,8-9H2,1-7H3,(H,18,20)/t10?,11-,16?/m1/s1. The lowest BCUT2D eigenvalue weighted by atomic mass is 9.75. The Bertz CT molecular complexity index is 406. The van der Waals surface area contributed by atoms with Gasteiger partial charge in [0.05, 0.1) is 12.7 Å². The van der Waals surface area contributed by atoms with E-state index in [2.05, 4.69) is 5.32 Å². The van der Waals surface area contributed by atoms with E-state index in [9.17, 15) is 14.0 Å². The predicted octanol–water partition coefficient (Wildman–Crippen LogP) is 3.13. The Labute approximate surface area is 121 Å². The second kappa shape index (κ2) is 5.12. The Hall–Kier alpha value is -0.930. The van der Waals surface area contributed by atoms with E-state index in [0.29, 0.717) is 6.42 Å². The van der Waals surface area contributed by atoms with Gasteiger partial charge in [0.15, 0.2) is 5.78 Å². The van der Waals surface area contributed by atoms with Crippen LogP contribution >= 0.6 is 0 Å². The molecule has 0 aromatic carbocycles. The van der Waals surface area contributed by atoms with Crippen LogP contribution in [0, 0.1) is 22.2 Å². The quantitative estimate of drug-likeness (QED) is 0.862. The number of hydrogen-bond donors (Lipinski definition) is 1. The largest absolute Gasteiger partial charge is 0.345 e. The van der Waals surface area contributed by atoms with Gasteiger partial charge in [-0.2, -0.15) is 0 Å². The van der Waals surface area contributed by atoms with Crippen molar-refractivity contribution >= 4 is 11.7 Å². The third kappa shape index (κ3) is 3.58. The Morgan fingerprint density at radius 2 is 1.75 bits per heavy atom. The van der Waals surface area contributed by atoms with Gasteiger partial charge in [0.1, 0.15) is 0 Å². The highest BCUT2D eigenvalue weighted by atomic mass is 19.1. The molecule has 0 saturated heterocycles. The second-order valence-electron chi connectivity index (χ2n) is 8.47. The molecule has 0 spiro atoms. The van der Waals surface area contributed by atoms with Gasteiger partial charge in [-0.25, -0.2) is 0 Å². The zero-order chi connectivity index (χ0) is 15.9. The van der Waals surface area contributed by atoms with Crippen LogP contribution in [0.25, 0.3) is 0 Å². The molecule has 0 bridgehead atoms. The first-order valence-electron chi connectivity index (χ1n) is 7.23. The number of amides is 1. The van der Waals surface area contributed by atoms with Crippen molar-refractivity contribution in [2.24, 2.45) is 22.2 Å². The van der Waals surface area contributed by atoms with Gasteiger partial charge in [0.25, 0.3) is 0 Å². The lowest BCUT2D eigenvalue weighted by Crippen LogP contribution is -2.53. The van der Waals surface area contributed by atoms with Crippen molar-refractivity contribution in [3.8, 4) is 0 Å². The van der Waals surface area contributed by atoms with Gasteiger partial charge in [-0.1, -0.05) is 48.5 Å². The van der Waals surface area contributed by atoms with Gasteiger partial charge >= 0.3 is 0 Å². The minimum Gasteiger partial charge on any atom is -0.345 e. The molecule has 0 radical (unpaired) electrons. The van der Waals surface area contributed by atoms with Crippen LogP contribution in [0.4, 0.5) is 4.39 Å². The number of alkyl halides is 1. The predicted molar refractivity (Wildman–Crippen MR) is 78.0 cm³/mol. The zero-order valence-electron chi connectivity index (χ0n) is 13.8. The summed E-state index contributed by atoms with van der Waals surface area (Å²) >= 11 is 0. The van der Waals surface area contributed by atoms with Crippen LogP contribution in [0.15, 0.2) is 0 Å². The minimum absolute atomic E-state index is 0.0148. The van der Waals surface area contributed by atoms with Gasteiger partial charge in [-0.05, 0) is 11.8 Å². The van der Waals surface area contributed by atoms with Gasteiger partial charge in [-0.3, -0.25) is 14.0 Å². The zero-order valence-corrected chi connectivity index (χ0v) is 13.8. The first-order valence-corrected chi connectivity index (χ1v) is 7.23. The molecule has 0 aliphatic heterocycles. The fourth-order valence-electron chi connectivity index (χ4n) is 2.32. The second-order valence-corrected chi connectivity index (χ2v) is 8.47. The maximum atomic E-state index is 12.8. The van der Waals surface area contributed by atoms with Crippen molar-refractivity contribution in [3.63, 3.8) is 0 Å². The van der Waals surface area contributed by atoms with E-state index >= 15 is 0 Å². The average Bonchev–Trinajstić information content (AvgIpc) is 2.95. The summed E-state index contributed by atoms with van der Waals surface area (Å²) < 4.78 is 12.8. The molecule has 3 atom stereocenters. The maximum absolute atomic E-state index is 12.8. The van der Waals surface area contributed by atoms with E-state index in [1.807, 2.05) is 41.5 Å². The van der Waals surface area contributed by atoms with E-state index in [0.717, 1.165) is 0 Å². The number of halogens is 1. The van der Waals surface area contributed by atoms with Crippen molar-refractivity contribution in [2.45, 2.75) is 60.9 Å². The van der Waals surface area contributed by atoms with Crippen LogP contribution in [-0.2, 0) is 9.59 Å². The first kappa shape index (κ1) is 17.1. The maximum Gasteiger partial charge on any atom is 0.224 e. The highest BCUT2D eigenvalue weighted by Crippen LogP contribution is 2.52. The van der Waals surface area contributed by atoms with E-state index in [-0.39, 0.29) is 23.0 Å². The minimum atomic E-state index is -0.542. The molecule has 1 aliphatic carbocycles. The van der Waals surface area contributed by atoms with Gasteiger partial charge in [-0.15, -0.1) is 0 Å². The lowest BCUT2D eigenvalue weighted by molar-refractivity contribution is -0.136. The Morgan fingerprint density at radius 3 is 2.05 bits per heavy atom. The molecule has 0 aromatic heterocycles. The van der Waals surface area contributed by atoms with Crippen molar-refractivity contribution < 1.29 is 14.0 Å². The van der Waals surface area contributed by atoms with Gasteiger partial charge in [0, 0.05) is 16.7 Å². The number of rotatable bonds is 4. The Kier molecular flexibility index (Phi) is 4.38. The van der Waals surface area contributed by atoms with E-state index in [1.54, 1.807) is 6.92 Å². The molecule has 1 saturated carbocycles. The molecule has 1 rings (SSSR count). The molecule has 4 heteroatoms. The molecule has 3 nitrogen and oxygen atoms in total. The number of nitrogens with one attached hydrogen (secondary N) is 1. The molecule has 20 heavy (non-hydrogen) atoms. The number of hydrogen-bond acceptors (Lipinski definition) is 2. The SMILES string of the molecule is CC(C)(C)C(=O)[C@@H](NC(=O)C1CC1(C)CF)C(C)(C)C. The Balaban J connectivity index is 2.83. The summed E-state index contributed by atoms with van der Waals surface area (Å²) in [5, 5.41) is 2.86. The summed E-state index contributed by atoms with van der Waals surface area (Å²) in [4.78, 5) is 24.8. The van der Waals surface area contributed by atoms with Crippen molar-refractivity contribution in [1.29, 1.82) is 0 Å². The normalized spacial score (nSPS) is 27.9. The van der Waals surface area contributed by atoms with Crippen LogP contribution < -0.4 is 5.32 Å². The summed E-state index contributed by atoms with van der Waals surface area (Å²) in [6.07, 6.45) is 0.565. The molecular formula is C16H28FNO2. The van der Waals surface area contributed by atoms with E-state index in [4.69, 9.17) is 0 Å². The molecule has 1 amide bonds. The number of carbonyl (C=O) groups is 2. The van der Waals surface area contributed by atoms with Crippen LogP contribution in [-0.4, -0.2) is 24.4 Å². The summed E-state index contributed by atoms with van der Waals surface area (Å²) in [6.45, 7) is 12.6. The molecule has 0 heterocycles. The van der Waals surface area contributed by atoms with Gasteiger partial charge < -0.3 is 5.32 Å². The average molecular weight is 285 g/mol. The third-order valence-corrected chi connectivity index (χ3v) is 4.13. The molecule has 0 aromatic rings. The van der Waals surface area contributed by atoms with Crippen molar-refractivity contribution in [2.75, 3.05) is 6.67 Å². The smallest absolute Gasteiger partial charge is 0.224 e. The third-order valence-electron chi connectivity index (χ3n) is 4.13.